The number of hydrogen-bond donors (Lipinski definition) is 1. The third-order valence-electron chi connectivity index (χ3n) is 3.05. The van der Waals surface area contributed by atoms with Crippen LogP contribution in [0.1, 0.15) is 18.4 Å². The molecular weight excluding hydrogens is 282 g/mol. The molecule has 8 heteroatoms. The molecule has 0 aromatic carbocycles. The van der Waals surface area contributed by atoms with Crippen LogP contribution in [-0.2, 0) is 24.2 Å². The highest BCUT2D eigenvalue weighted by atomic mass is 35.5. The smallest absolute Gasteiger partial charge is 0.404 e. The summed E-state index contributed by atoms with van der Waals surface area (Å²) in [7, 11) is 0. The first-order chi connectivity index (χ1) is 9.58. The number of rotatable bonds is 6. The van der Waals surface area contributed by atoms with Gasteiger partial charge in [-0.2, -0.15) is 5.10 Å². The van der Waals surface area contributed by atoms with Crippen LogP contribution in [-0.4, -0.2) is 37.9 Å². The van der Waals surface area contributed by atoms with Gasteiger partial charge in [-0.1, -0.05) is 0 Å². The summed E-state index contributed by atoms with van der Waals surface area (Å²) in [6.45, 7) is 5.37. The minimum Gasteiger partial charge on any atom is -0.448 e. The van der Waals surface area contributed by atoms with Crippen molar-refractivity contribution in [2.75, 3.05) is 12.5 Å². The fourth-order valence-electron chi connectivity index (χ4n) is 2.24. The molecule has 0 unspecified atom stereocenters. The molecule has 20 heavy (non-hydrogen) atoms. The maximum absolute atomic E-state index is 10.7. The van der Waals surface area contributed by atoms with Crippen LogP contribution >= 0.6 is 11.6 Å². The highest BCUT2D eigenvalue weighted by Gasteiger charge is 2.17. The molecular formula is C12H18ClN5O2. The normalized spacial score (nSPS) is 11.2. The predicted octanol–water partition coefficient (Wildman–Crippen LogP) is 1.44. The topological polar surface area (TPSA) is 88.0 Å². The van der Waals surface area contributed by atoms with Gasteiger partial charge in [0.05, 0.1) is 12.2 Å². The van der Waals surface area contributed by atoms with Crippen LogP contribution in [0.3, 0.4) is 0 Å². The Kier molecular flexibility index (Phi) is 4.49. The van der Waals surface area contributed by atoms with E-state index in [-0.39, 0.29) is 6.61 Å². The summed E-state index contributed by atoms with van der Waals surface area (Å²) < 4.78 is 8.68. The van der Waals surface area contributed by atoms with Crippen molar-refractivity contribution < 1.29 is 9.53 Å². The maximum Gasteiger partial charge on any atom is 0.404 e. The summed E-state index contributed by atoms with van der Waals surface area (Å²) in [6.07, 6.45) is -0.129. The maximum atomic E-state index is 10.7. The predicted molar refractivity (Wildman–Crippen MR) is 75.9 cm³/mol. The van der Waals surface area contributed by atoms with Crippen molar-refractivity contribution in [2.24, 2.45) is 5.73 Å². The Bertz CT molecular complexity index is 619. The number of amides is 1. The van der Waals surface area contributed by atoms with E-state index in [4.69, 9.17) is 22.1 Å². The number of alkyl halides is 1. The molecule has 0 saturated heterocycles. The summed E-state index contributed by atoms with van der Waals surface area (Å²) in [4.78, 5) is 15.3. The van der Waals surface area contributed by atoms with Gasteiger partial charge in [0, 0.05) is 18.8 Å². The lowest BCUT2D eigenvalue weighted by Crippen LogP contribution is -2.18. The van der Waals surface area contributed by atoms with Crippen molar-refractivity contribution >= 4 is 28.9 Å². The molecule has 0 spiro atoms. The quantitative estimate of drug-likeness (QED) is 0.817. The Hall–Kier alpha value is -1.76. The number of hydrogen-bond acceptors (Lipinski definition) is 4. The molecule has 2 aromatic rings. The zero-order valence-electron chi connectivity index (χ0n) is 11.6. The first-order valence-electron chi connectivity index (χ1n) is 6.49. The van der Waals surface area contributed by atoms with E-state index in [1.165, 1.54) is 0 Å². The average molecular weight is 300 g/mol. The molecule has 1 amide bonds. The van der Waals surface area contributed by atoms with Crippen molar-refractivity contribution in [1.82, 2.24) is 19.3 Å². The van der Waals surface area contributed by atoms with E-state index in [9.17, 15) is 4.79 Å². The molecule has 0 radical (unpaired) electrons. The number of aromatic nitrogens is 4. The van der Waals surface area contributed by atoms with Crippen LogP contribution in [0.15, 0.2) is 0 Å². The van der Waals surface area contributed by atoms with Gasteiger partial charge < -0.3 is 15.0 Å². The van der Waals surface area contributed by atoms with Crippen LogP contribution in [0, 0.1) is 6.92 Å². The minimum absolute atomic E-state index is 0.198. The van der Waals surface area contributed by atoms with E-state index in [0.29, 0.717) is 18.8 Å². The van der Waals surface area contributed by atoms with E-state index in [1.807, 2.05) is 23.1 Å². The number of carbonyl (C=O) groups is 1. The van der Waals surface area contributed by atoms with Crippen LogP contribution < -0.4 is 5.73 Å². The molecule has 0 fully saturated rings. The molecule has 7 nitrogen and oxygen atoms in total. The summed E-state index contributed by atoms with van der Waals surface area (Å²) in [5, 5.41) is 4.44. The summed E-state index contributed by atoms with van der Waals surface area (Å²) >= 11 is 5.82. The summed E-state index contributed by atoms with van der Waals surface area (Å²) in [6, 6.07) is 0. The van der Waals surface area contributed by atoms with Crippen molar-refractivity contribution in [3.63, 3.8) is 0 Å². The highest BCUT2D eigenvalue weighted by molar-refractivity contribution is 6.17. The zero-order valence-corrected chi connectivity index (χ0v) is 12.4. The lowest BCUT2D eigenvalue weighted by molar-refractivity contribution is 0.152. The number of carbonyl (C=O) groups excluding carboxylic acids is 1. The van der Waals surface area contributed by atoms with E-state index in [2.05, 4.69) is 10.1 Å². The standard InChI is InChI=1S/C12H18ClN5O2/c1-3-18-11-10(8(2)16-18)15-9(4-5-13)17(11)6-7-20-12(14)19/h3-7H2,1-2H3,(H2,14,19). The Morgan fingerprint density at radius 1 is 1.50 bits per heavy atom. The number of nitrogens with zero attached hydrogens (tertiary/aromatic N) is 4. The molecule has 2 heterocycles. The Balaban J connectivity index is 2.40. The van der Waals surface area contributed by atoms with Gasteiger partial charge in [0.25, 0.3) is 0 Å². The number of fused-ring (bicyclic) bond motifs is 1. The van der Waals surface area contributed by atoms with Crippen molar-refractivity contribution in [2.45, 2.75) is 33.4 Å². The number of ether oxygens (including phenoxy) is 1. The lowest BCUT2D eigenvalue weighted by Gasteiger charge is -2.09. The Morgan fingerprint density at radius 2 is 2.25 bits per heavy atom. The highest BCUT2D eigenvalue weighted by Crippen LogP contribution is 2.20. The first-order valence-corrected chi connectivity index (χ1v) is 7.02. The number of aryl methyl sites for hydroxylation is 3. The van der Waals surface area contributed by atoms with E-state index < -0.39 is 6.09 Å². The van der Waals surface area contributed by atoms with Crippen LogP contribution in [0.2, 0.25) is 0 Å². The fourth-order valence-corrected chi connectivity index (χ4v) is 2.41. The number of nitrogens with two attached hydrogens (primary N) is 1. The van der Waals surface area contributed by atoms with E-state index >= 15 is 0 Å². The van der Waals surface area contributed by atoms with Crippen LogP contribution in [0.4, 0.5) is 4.79 Å². The first kappa shape index (κ1) is 14.6. The molecule has 2 N–H and O–H groups in total. The third-order valence-corrected chi connectivity index (χ3v) is 3.24. The Morgan fingerprint density at radius 3 is 2.85 bits per heavy atom. The molecule has 110 valence electrons. The molecule has 0 aliphatic rings. The molecule has 0 aliphatic carbocycles. The SMILES string of the molecule is CCn1nc(C)c2nc(CCCl)n(CCOC(N)=O)c21. The van der Waals surface area contributed by atoms with Gasteiger partial charge in [0.15, 0.2) is 5.65 Å². The second kappa shape index (κ2) is 6.13. The Labute approximate surface area is 121 Å². The fraction of sp³-hybridized carbons (Fsp3) is 0.583. The largest absolute Gasteiger partial charge is 0.448 e. The number of imidazole rings is 1. The van der Waals surface area contributed by atoms with Gasteiger partial charge in [0.1, 0.15) is 17.9 Å². The molecule has 0 saturated carbocycles. The molecule has 2 rings (SSSR count). The summed E-state index contributed by atoms with van der Waals surface area (Å²) in [5.41, 5.74) is 7.65. The van der Waals surface area contributed by atoms with Gasteiger partial charge in [-0.05, 0) is 13.8 Å². The summed E-state index contributed by atoms with van der Waals surface area (Å²) in [5.74, 6) is 1.35. The average Bonchev–Trinajstić information content (AvgIpc) is 2.89. The van der Waals surface area contributed by atoms with Gasteiger partial charge in [-0.15, -0.1) is 11.6 Å². The zero-order chi connectivity index (χ0) is 14.7. The molecule has 0 atom stereocenters. The molecule has 0 bridgehead atoms. The second-order valence-corrected chi connectivity index (χ2v) is 4.74. The van der Waals surface area contributed by atoms with Gasteiger partial charge in [-0.25, -0.2) is 14.5 Å². The second-order valence-electron chi connectivity index (χ2n) is 4.36. The minimum atomic E-state index is -0.777. The van der Waals surface area contributed by atoms with E-state index in [0.717, 1.165) is 29.2 Å². The van der Waals surface area contributed by atoms with Crippen LogP contribution in [0.25, 0.3) is 11.2 Å². The monoisotopic (exact) mass is 299 g/mol. The van der Waals surface area contributed by atoms with Gasteiger partial charge >= 0.3 is 6.09 Å². The van der Waals surface area contributed by atoms with Crippen LogP contribution in [0.5, 0.6) is 0 Å². The van der Waals surface area contributed by atoms with Gasteiger partial charge in [-0.3, -0.25) is 0 Å². The van der Waals surface area contributed by atoms with E-state index in [1.54, 1.807) is 0 Å². The van der Waals surface area contributed by atoms with Crippen molar-refractivity contribution in [3.8, 4) is 0 Å². The number of primary amides is 1. The third kappa shape index (κ3) is 2.72. The molecule has 2 aromatic heterocycles. The van der Waals surface area contributed by atoms with Gasteiger partial charge in [0.2, 0.25) is 0 Å². The lowest BCUT2D eigenvalue weighted by atomic mass is 10.4. The van der Waals surface area contributed by atoms with Crippen molar-refractivity contribution in [3.05, 3.63) is 11.5 Å². The molecule has 0 aliphatic heterocycles. The van der Waals surface area contributed by atoms with Crippen molar-refractivity contribution in [1.29, 1.82) is 0 Å². The number of halogens is 1.